The van der Waals surface area contributed by atoms with E-state index in [9.17, 15) is 10.3 Å². The van der Waals surface area contributed by atoms with E-state index in [0.29, 0.717) is 11.6 Å². The second-order valence-electron chi connectivity index (χ2n) is 6.71. The number of rotatable bonds is 5. The van der Waals surface area contributed by atoms with Gasteiger partial charge in [0.15, 0.2) is 5.84 Å². The van der Waals surface area contributed by atoms with Gasteiger partial charge in [0.2, 0.25) is 0 Å². The number of aromatic hydroxyl groups is 1. The summed E-state index contributed by atoms with van der Waals surface area (Å²) >= 11 is 0. The molecule has 0 spiro atoms. The summed E-state index contributed by atoms with van der Waals surface area (Å²) < 4.78 is 2.01. The third-order valence-electron chi connectivity index (χ3n) is 4.45. The number of oxime groups is 1. The van der Waals surface area contributed by atoms with Crippen LogP contribution in [0.2, 0.25) is 0 Å². The van der Waals surface area contributed by atoms with E-state index in [0.717, 1.165) is 34.4 Å². The van der Waals surface area contributed by atoms with Crippen molar-refractivity contribution in [1.29, 1.82) is 0 Å². The molecule has 0 aliphatic heterocycles. The van der Waals surface area contributed by atoms with E-state index < -0.39 is 0 Å². The minimum atomic E-state index is 0.0914. The van der Waals surface area contributed by atoms with Gasteiger partial charge in [-0.05, 0) is 49.5 Å². The number of benzene rings is 1. The summed E-state index contributed by atoms with van der Waals surface area (Å²) in [7, 11) is 1.95. The number of phenols is 1. The zero-order valence-electron chi connectivity index (χ0n) is 15.5. The van der Waals surface area contributed by atoms with Gasteiger partial charge in [-0.1, -0.05) is 37.2 Å². The predicted molar refractivity (Wildman–Crippen MR) is 103 cm³/mol. The average Bonchev–Trinajstić information content (AvgIpc) is 2.86. The number of nitrogens with zero attached hydrogens (tertiary/aromatic N) is 2. The van der Waals surface area contributed by atoms with Crippen molar-refractivity contribution in [2.75, 3.05) is 0 Å². The maximum atomic E-state index is 9.64. The number of aromatic nitrogens is 1. The first-order valence-corrected chi connectivity index (χ1v) is 8.43. The summed E-state index contributed by atoms with van der Waals surface area (Å²) in [4.78, 5) is 0. The Bertz CT molecular complexity index is 812. The van der Waals surface area contributed by atoms with Gasteiger partial charge in [0.1, 0.15) is 5.75 Å². The molecular formula is C20H27N3O2. The molecule has 0 atom stereocenters. The van der Waals surface area contributed by atoms with Gasteiger partial charge >= 0.3 is 0 Å². The number of phenolic OH excluding ortho intramolecular Hbond substituents is 1. The van der Waals surface area contributed by atoms with Crippen molar-refractivity contribution in [3.05, 3.63) is 47.3 Å². The summed E-state index contributed by atoms with van der Waals surface area (Å²) in [5, 5.41) is 22.2. The zero-order chi connectivity index (χ0) is 18.7. The summed E-state index contributed by atoms with van der Waals surface area (Å²) in [6, 6.07) is 7.16. The van der Waals surface area contributed by atoms with E-state index in [1.54, 1.807) is 12.1 Å². The molecule has 134 valence electrons. The van der Waals surface area contributed by atoms with Crippen molar-refractivity contribution in [2.24, 2.45) is 23.9 Å². The molecule has 0 fully saturated rings. The Morgan fingerprint density at radius 3 is 2.36 bits per heavy atom. The van der Waals surface area contributed by atoms with Gasteiger partial charge in [-0.3, -0.25) is 0 Å². The molecule has 0 unspecified atom stereocenters. The Morgan fingerprint density at radius 2 is 1.88 bits per heavy atom. The molecule has 0 saturated heterocycles. The van der Waals surface area contributed by atoms with Crippen LogP contribution in [0.15, 0.2) is 35.5 Å². The minimum absolute atomic E-state index is 0.0914. The van der Waals surface area contributed by atoms with Gasteiger partial charge in [0, 0.05) is 23.9 Å². The van der Waals surface area contributed by atoms with Crippen molar-refractivity contribution in [1.82, 2.24) is 4.57 Å². The van der Waals surface area contributed by atoms with Crippen molar-refractivity contribution in [3.8, 4) is 16.9 Å². The van der Waals surface area contributed by atoms with Gasteiger partial charge in [-0.2, -0.15) is 0 Å². The fraction of sp³-hybridized carbons (Fsp3) is 0.350. The van der Waals surface area contributed by atoms with E-state index in [4.69, 9.17) is 5.73 Å². The summed E-state index contributed by atoms with van der Waals surface area (Å²) in [6.45, 7) is 8.32. The van der Waals surface area contributed by atoms with Gasteiger partial charge in [0.25, 0.3) is 0 Å². The number of nitrogens with two attached hydrogens (primary N) is 1. The standard InChI is InChI=1S/C20H27N3O2/c1-6-13(4)17-18(14-7-9-15(24)10-8-14)16(11-12(2)3)23(5)19(17)20(21)22-25/h6-10,12,24-25H,11H2,1-5H3,(H2,21,22)/b13-6-. The highest BCUT2D eigenvalue weighted by atomic mass is 16.4. The molecular weight excluding hydrogens is 314 g/mol. The van der Waals surface area contributed by atoms with Gasteiger partial charge in [-0.15, -0.1) is 0 Å². The van der Waals surface area contributed by atoms with E-state index in [-0.39, 0.29) is 11.6 Å². The van der Waals surface area contributed by atoms with Crippen LogP contribution in [0.4, 0.5) is 0 Å². The molecule has 5 nitrogen and oxygen atoms in total. The molecule has 1 heterocycles. The lowest BCUT2D eigenvalue weighted by molar-refractivity contribution is 0.318. The Hall–Kier alpha value is -2.69. The average molecular weight is 341 g/mol. The van der Waals surface area contributed by atoms with Gasteiger partial charge in [0.05, 0.1) is 5.69 Å². The maximum Gasteiger partial charge on any atom is 0.187 e. The van der Waals surface area contributed by atoms with E-state index >= 15 is 0 Å². The third-order valence-corrected chi connectivity index (χ3v) is 4.45. The fourth-order valence-corrected chi connectivity index (χ4v) is 3.17. The second-order valence-corrected chi connectivity index (χ2v) is 6.71. The molecule has 25 heavy (non-hydrogen) atoms. The second kappa shape index (κ2) is 7.47. The Labute approximate surface area is 149 Å². The first-order chi connectivity index (χ1) is 11.8. The highest BCUT2D eigenvalue weighted by molar-refractivity contribution is 6.04. The predicted octanol–water partition coefficient (Wildman–Crippen LogP) is 4.11. The highest BCUT2D eigenvalue weighted by Crippen LogP contribution is 2.38. The van der Waals surface area contributed by atoms with Crippen LogP contribution in [0.1, 0.15) is 44.6 Å². The van der Waals surface area contributed by atoms with E-state index in [1.165, 1.54) is 0 Å². The monoisotopic (exact) mass is 341 g/mol. The van der Waals surface area contributed by atoms with Crippen LogP contribution in [0, 0.1) is 5.92 Å². The molecule has 0 aliphatic carbocycles. The van der Waals surface area contributed by atoms with Crippen LogP contribution in [0.5, 0.6) is 5.75 Å². The third kappa shape index (κ3) is 3.55. The molecule has 2 aromatic rings. The minimum Gasteiger partial charge on any atom is -0.508 e. The normalized spacial score (nSPS) is 12.9. The lowest BCUT2D eigenvalue weighted by Gasteiger charge is -2.12. The molecule has 0 amide bonds. The number of hydrogen-bond donors (Lipinski definition) is 3. The first-order valence-electron chi connectivity index (χ1n) is 8.43. The summed E-state index contributed by atoms with van der Waals surface area (Å²) in [6.07, 6.45) is 2.88. The Balaban J connectivity index is 2.92. The lowest BCUT2D eigenvalue weighted by atomic mass is 9.92. The molecule has 0 bridgehead atoms. The molecule has 2 rings (SSSR count). The number of hydrogen-bond acceptors (Lipinski definition) is 3. The quantitative estimate of drug-likeness (QED) is 0.331. The van der Waals surface area contributed by atoms with E-state index in [2.05, 4.69) is 19.0 Å². The van der Waals surface area contributed by atoms with Crippen molar-refractivity contribution in [2.45, 2.75) is 34.1 Å². The van der Waals surface area contributed by atoms with Crippen LogP contribution in [0.25, 0.3) is 16.7 Å². The van der Waals surface area contributed by atoms with Crippen molar-refractivity contribution in [3.63, 3.8) is 0 Å². The molecule has 1 aromatic heterocycles. The summed E-state index contributed by atoms with van der Waals surface area (Å²) in [5.41, 5.74) is 11.9. The number of amidine groups is 1. The fourth-order valence-electron chi connectivity index (χ4n) is 3.17. The molecule has 5 heteroatoms. The van der Waals surface area contributed by atoms with Crippen LogP contribution in [0.3, 0.4) is 0 Å². The van der Waals surface area contributed by atoms with Crippen LogP contribution in [-0.2, 0) is 13.5 Å². The molecule has 0 aliphatic rings. The molecule has 4 N–H and O–H groups in total. The SMILES string of the molecule is C/C=C(/C)c1c(-c2ccc(O)cc2)c(CC(C)C)n(C)c1/C(N)=N/O. The largest absolute Gasteiger partial charge is 0.508 e. The van der Waals surface area contributed by atoms with Crippen molar-refractivity contribution >= 4 is 11.4 Å². The molecule has 0 saturated carbocycles. The smallest absolute Gasteiger partial charge is 0.187 e. The van der Waals surface area contributed by atoms with Crippen LogP contribution < -0.4 is 5.73 Å². The van der Waals surface area contributed by atoms with Crippen molar-refractivity contribution < 1.29 is 10.3 Å². The molecule has 1 aromatic carbocycles. The van der Waals surface area contributed by atoms with Gasteiger partial charge in [-0.25, -0.2) is 0 Å². The highest BCUT2D eigenvalue weighted by Gasteiger charge is 2.25. The van der Waals surface area contributed by atoms with Gasteiger partial charge < -0.3 is 20.6 Å². The Kier molecular flexibility index (Phi) is 5.57. The molecule has 0 radical (unpaired) electrons. The van der Waals surface area contributed by atoms with Crippen LogP contribution >= 0.6 is 0 Å². The Morgan fingerprint density at radius 1 is 1.28 bits per heavy atom. The first kappa shape index (κ1) is 18.6. The maximum absolute atomic E-state index is 9.64. The number of allylic oxidation sites excluding steroid dienone is 2. The lowest BCUT2D eigenvalue weighted by Crippen LogP contribution is -2.19. The summed E-state index contributed by atoms with van der Waals surface area (Å²) in [5.74, 6) is 0.767. The topological polar surface area (TPSA) is 83.8 Å². The van der Waals surface area contributed by atoms with Crippen LogP contribution in [-0.4, -0.2) is 20.7 Å². The van der Waals surface area contributed by atoms with E-state index in [1.807, 2.05) is 43.7 Å². The zero-order valence-corrected chi connectivity index (χ0v) is 15.5.